The van der Waals surface area contributed by atoms with Gasteiger partial charge in [0, 0.05) is 19.4 Å². The zero-order valence-electron chi connectivity index (χ0n) is 31.1. The number of phosphoric acid groups is 1. The van der Waals surface area contributed by atoms with Crippen molar-refractivity contribution in [2.75, 3.05) is 26.4 Å². The largest absolute Gasteiger partial charge is 0.472 e. The summed E-state index contributed by atoms with van der Waals surface area (Å²) in [6.07, 6.45) is 42.3. The highest BCUT2D eigenvalue weighted by Crippen LogP contribution is 2.43. The van der Waals surface area contributed by atoms with E-state index >= 15 is 0 Å². The molecule has 0 aromatic carbocycles. The summed E-state index contributed by atoms with van der Waals surface area (Å²) in [5.74, 6) is -0.917. The molecule has 0 heterocycles. The molecule has 0 spiro atoms. The van der Waals surface area contributed by atoms with Gasteiger partial charge in [0.1, 0.15) is 6.61 Å². The third-order valence-corrected chi connectivity index (χ3v) is 8.31. The van der Waals surface area contributed by atoms with Crippen LogP contribution in [0.3, 0.4) is 0 Å². The quantitative estimate of drug-likeness (QED) is 0.0288. The fraction of sp³-hybridized carbons (Fsp3) is 0.650. The maximum atomic E-state index is 12.5. The second-order valence-electron chi connectivity index (χ2n) is 12.1. The Kier molecular flexibility index (Phi) is 34.4. The smallest absolute Gasteiger partial charge is 0.462 e. The van der Waals surface area contributed by atoms with Crippen molar-refractivity contribution < 1.29 is 37.6 Å². The molecule has 0 rings (SSSR count). The lowest BCUT2D eigenvalue weighted by molar-refractivity contribution is -0.161. The highest BCUT2D eigenvalue weighted by Gasteiger charge is 2.25. The molecule has 0 aliphatic carbocycles. The van der Waals surface area contributed by atoms with Crippen LogP contribution in [-0.2, 0) is 32.7 Å². The van der Waals surface area contributed by atoms with Crippen LogP contribution in [0.5, 0.6) is 0 Å². The number of unbranched alkanes of at least 4 members (excludes halogenated alkanes) is 9. The molecule has 0 amide bonds. The van der Waals surface area contributed by atoms with E-state index in [-0.39, 0.29) is 32.6 Å². The Morgan fingerprint density at radius 1 is 0.620 bits per heavy atom. The molecule has 0 aliphatic rings. The minimum Gasteiger partial charge on any atom is -0.462 e. The summed E-state index contributed by atoms with van der Waals surface area (Å²) in [6.45, 7) is 3.48. The number of esters is 2. The number of carbonyl (C=O) groups is 2. The van der Waals surface area contributed by atoms with E-state index in [2.05, 4.69) is 80.7 Å². The maximum absolute atomic E-state index is 12.5. The lowest BCUT2D eigenvalue weighted by Gasteiger charge is -2.19. The molecule has 0 saturated heterocycles. The Morgan fingerprint density at radius 3 is 1.72 bits per heavy atom. The van der Waals surface area contributed by atoms with Crippen molar-refractivity contribution in [2.24, 2.45) is 5.73 Å². The fourth-order valence-corrected chi connectivity index (χ4v) is 5.31. The second-order valence-corrected chi connectivity index (χ2v) is 13.5. The number of phosphoric ester groups is 1. The van der Waals surface area contributed by atoms with Gasteiger partial charge in [-0.3, -0.25) is 18.6 Å². The van der Waals surface area contributed by atoms with Crippen LogP contribution in [0.2, 0.25) is 0 Å². The van der Waals surface area contributed by atoms with Crippen LogP contribution >= 0.6 is 7.82 Å². The monoisotopic (exact) mass is 721 g/mol. The number of rotatable bonds is 34. The van der Waals surface area contributed by atoms with Crippen LogP contribution in [0.4, 0.5) is 0 Å². The van der Waals surface area contributed by atoms with E-state index in [1.54, 1.807) is 0 Å². The molecule has 0 aromatic rings. The van der Waals surface area contributed by atoms with E-state index in [4.69, 9.17) is 24.3 Å². The lowest BCUT2D eigenvalue weighted by Crippen LogP contribution is -2.29. The summed E-state index contributed by atoms with van der Waals surface area (Å²) in [5, 5.41) is 0. The average Bonchev–Trinajstić information content (AvgIpc) is 3.10. The Balaban J connectivity index is 4.37. The van der Waals surface area contributed by atoms with Crippen molar-refractivity contribution in [3.05, 3.63) is 72.9 Å². The maximum Gasteiger partial charge on any atom is 0.472 e. The predicted octanol–water partition coefficient (Wildman–Crippen LogP) is 10.3. The van der Waals surface area contributed by atoms with Gasteiger partial charge in [-0.1, -0.05) is 119 Å². The number of allylic oxidation sites excluding steroid dienone is 12. The second kappa shape index (κ2) is 36.2. The van der Waals surface area contributed by atoms with Crippen molar-refractivity contribution in [1.29, 1.82) is 0 Å². The fourth-order valence-electron chi connectivity index (χ4n) is 4.54. The van der Waals surface area contributed by atoms with Gasteiger partial charge in [-0.05, 0) is 77.0 Å². The zero-order valence-corrected chi connectivity index (χ0v) is 32.0. The third-order valence-electron chi connectivity index (χ3n) is 7.33. The molecule has 0 bridgehead atoms. The number of nitrogens with two attached hydrogens (primary N) is 1. The standard InChI is InChI=1S/C40H68NO8P/c1-3-5-7-9-11-13-15-17-18-19-20-21-23-25-27-29-31-33-40(43)49-38(37-48-50(44,45)47-35-34-41)36-46-39(42)32-30-28-26-24-22-16-14-12-10-8-6-4-2/h5,7,11-14,17-18,20-21,25,27,38H,3-4,6,8-10,15-16,19,22-24,26,28-37,41H2,1-2H3,(H,44,45)/b7-5-,13-11-,14-12-,18-17-,21-20-,27-25-. The highest BCUT2D eigenvalue weighted by atomic mass is 31.2. The molecular weight excluding hydrogens is 653 g/mol. The van der Waals surface area contributed by atoms with Crippen molar-refractivity contribution in [1.82, 2.24) is 0 Å². The summed E-state index contributed by atoms with van der Waals surface area (Å²) in [7, 11) is -4.39. The average molecular weight is 722 g/mol. The molecule has 3 N–H and O–H groups in total. The van der Waals surface area contributed by atoms with E-state index in [1.165, 1.54) is 19.3 Å². The van der Waals surface area contributed by atoms with Crippen molar-refractivity contribution in [3.63, 3.8) is 0 Å². The summed E-state index contributed by atoms with van der Waals surface area (Å²) >= 11 is 0. The van der Waals surface area contributed by atoms with E-state index in [1.807, 2.05) is 6.08 Å². The van der Waals surface area contributed by atoms with Crippen LogP contribution < -0.4 is 5.73 Å². The molecule has 10 heteroatoms. The van der Waals surface area contributed by atoms with E-state index in [0.29, 0.717) is 19.3 Å². The molecule has 0 aliphatic heterocycles. The van der Waals surface area contributed by atoms with E-state index in [9.17, 15) is 19.0 Å². The van der Waals surface area contributed by atoms with E-state index in [0.717, 1.165) is 70.6 Å². The Bertz CT molecular complexity index is 1050. The molecule has 0 radical (unpaired) electrons. The van der Waals surface area contributed by atoms with Gasteiger partial charge in [0.15, 0.2) is 6.10 Å². The number of hydrogen-bond donors (Lipinski definition) is 2. The first-order chi connectivity index (χ1) is 24.3. The van der Waals surface area contributed by atoms with Gasteiger partial charge in [-0.25, -0.2) is 4.57 Å². The van der Waals surface area contributed by atoms with Crippen molar-refractivity contribution in [3.8, 4) is 0 Å². The molecule has 50 heavy (non-hydrogen) atoms. The van der Waals surface area contributed by atoms with Crippen LogP contribution in [0, 0.1) is 0 Å². The van der Waals surface area contributed by atoms with Crippen LogP contribution in [0.1, 0.15) is 136 Å². The lowest BCUT2D eigenvalue weighted by atomic mass is 10.1. The number of ether oxygens (including phenoxy) is 2. The SMILES string of the molecule is CC/C=C\C/C=C\C/C=C\C/C=C\C/C=C\CCCC(=O)OC(COC(=O)CCCCCCC/C=C\CCCCC)COP(=O)(O)OCCN. The van der Waals surface area contributed by atoms with Gasteiger partial charge >= 0.3 is 19.8 Å². The van der Waals surface area contributed by atoms with Gasteiger partial charge in [-0.15, -0.1) is 0 Å². The molecule has 0 aromatic heterocycles. The van der Waals surface area contributed by atoms with Crippen LogP contribution in [0.15, 0.2) is 72.9 Å². The molecule has 2 unspecified atom stereocenters. The van der Waals surface area contributed by atoms with Gasteiger partial charge in [0.25, 0.3) is 0 Å². The topological polar surface area (TPSA) is 134 Å². The van der Waals surface area contributed by atoms with Gasteiger partial charge < -0.3 is 20.1 Å². The van der Waals surface area contributed by atoms with Crippen molar-refractivity contribution >= 4 is 19.8 Å². The van der Waals surface area contributed by atoms with Crippen molar-refractivity contribution in [2.45, 2.75) is 142 Å². The van der Waals surface area contributed by atoms with Gasteiger partial charge in [-0.2, -0.15) is 0 Å². The first-order valence-corrected chi connectivity index (χ1v) is 20.4. The van der Waals surface area contributed by atoms with Gasteiger partial charge in [0.2, 0.25) is 0 Å². The first kappa shape index (κ1) is 47.4. The minimum atomic E-state index is -4.39. The minimum absolute atomic E-state index is 0.0397. The summed E-state index contributed by atoms with van der Waals surface area (Å²) in [5.41, 5.74) is 5.32. The third kappa shape index (κ3) is 35.3. The van der Waals surface area contributed by atoms with E-state index < -0.39 is 32.5 Å². The Morgan fingerprint density at radius 2 is 1.12 bits per heavy atom. The normalized spacial score (nSPS) is 14.2. The molecule has 0 fully saturated rings. The van der Waals surface area contributed by atoms with Gasteiger partial charge in [0.05, 0.1) is 13.2 Å². The first-order valence-electron chi connectivity index (χ1n) is 18.9. The predicted molar refractivity (Wildman–Crippen MR) is 206 cm³/mol. The molecule has 2 atom stereocenters. The zero-order chi connectivity index (χ0) is 36.8. The summed E-state index contributed by atoms with van der Waals surface area (Å²) in [4.78, 5) is 34.7. The van der Waals surface area contributed by atoms with Crippen LogP contribution in [0.25, 0.3) is 0 Å². The highest BCUT2D eigenvalue weighted by molar-refractivity contribution is 7.47. The summed E-state index contributed by atoms with van der Waals surface area (Å²) in [6, 6.07) is 0. The number of hydrogen-bond acceptors (Lipinski definition) is 8. The Hall–Kier alpha value is -2.55. The summed E-state index contributed by atoms with van der Waals surface area (Å²) < 4.78 is 32.6. The van der Waals surface area contributed by atoms with Crippen LogP contribution in [-0.4, -0.2) is 49.3 Å². The number of carbonyl (C=O) groups excluding carboxylic acids is 2. The molecule has 0 saturated carbocycles. The Labute approximate surface area is 303 Å². The molecular formula is C40H68NO8P. The molecule has 286 valence electrons. The molecule has 9 nitrogen and oxygen atoms in total.